The first-order valence-corrected chi connectivity index (χ1v) is 7.98. The summed E-state index contributed by atoms with van der Waals surface area (Å²) in [5.41, 5.74) is 0. The van der Waals surface area contributed by atoms with Crippen molar-refractivity contribution in [2.24, 2.45) is 0 Å². The molecule has 0 aliphatic carbocycles. The third-order valence-electron chi connectivity index (χ3n) is 2.99. The Morgan fingerprint density at radius 1 is 0.957 bits per heavy atom. The van der Waals surface area contributed by atoms with E-state index in [2.05, 4.69) is 15.4 Å². The van der Waals surface area contributed by atoms with Crippen LogP contribution in [0.25, 0.3) is 0 Å². The molecular weight excluding hydrogens is 296 g/mol. The third-order valence-corrected chi connectivity index (χ3v) is 2.99. The molecule has 0 heterocycles. The number of carbonyl (C=O) groups excluding carboxylic acids is 3. The van der Waals surface area contributed by atoms with Crippen LogP contribution in [0, 0.1) is 0 Å². The molecule has 130 valence electrons. The van der Waals surface area contributed by atoms with Crippen molar-refractivity contribution in [2.75, 3.05) is 13.7 Å². The molecule has 0 aliphatic rings. The first kappa shape index (κ1) is 20.9. The number of methoxy groups -OCH3 is 1. The van der Waals surface area contributed by atoms with Crippen molar-refractivity contribution in [2.45, 2.75) is 52.0 Å². The minimum atomic E-state index is -0.756. The molecule has 23 heavy (non-hydrogen) atoms. The molecule has 0 saturated heterocycles. The lowest BCUT2D eigenvalue weighted by atomic mass is 10.2. The summed E-state index contributed by atoms with van der Waals surface area (Å²) in [6, 6.07) is -0.756. The zero-order valence-corrected chi connectivity index (χ0v) is 14.3. The molecule has 1 atom stereocenters. The van der Waals surface area contributed by atoms with E-state index in [4.69, 9.17) is 0 Å². The van der Waals surface area contributed by atoms with Gasteiger partial charge in [0.15, 0.2) is 0 Å². The van der Waals surface area contributed by atoms with Crippen molar-refractivity contribution in [3.63, 3.8) is 0 Å². The summed E-state index contributed by atoms with van der Waals surface area (Å²) >= 11 is 0. The van der Waals surface area contributed by atoms with Crippen LogP contribution in [0.2, 0.25) is 0 Å². The van der Waals surface area contributed by atoms with E-state index in [1.54, 1.807) is 12.2 Å². The van der Waals surface area contributed by atoms with Gasteiger partial charge in [-0.15, -0.1) is 0 Å². The van der Waals surface area contributed by atoms with Crippen LogP contribution >= 0.6 is 0 Å². The van der Waals surface area contributed by atoms with Gasteiger partial charge >= 0.3 is 5.97 Å². The molecule has 0 spiro atoms. The smallest absolute Gasteiger partial charge is 0.328 e. The molecule has 2 amide bonds. The maximum atomic E-state index is 11.8. The van der Waals surface area contributed by atoms with Gasteiger partial charge in [0.05, 0.1) is 7.11 Å². The van der Waals surface area contributed by atoms with E-state index in [9.17, 15) is 14.4 Å². The maximum Gasteiger partial charge on any atom is 0.328 e. The molecule has 0 fully saturated rings. The Labute approximate surface area is 138 Å². The Morgan fingerprint density at radius 3 is 2.04 bits per heavy atom. The number of ether oxygens (including phenoxy) is 1. The van der Waals surface area contributed by atoms with Gasteiger partial charge in [0, 0.05) is 19.4 Å². The van der Waals surface area contributed by atoms with Gasteiger partial charge in [0.1, 0.15) is 6.04 Å². The van der Waals surface area contributed by atoms with Gasteiger partial charge < -0.3 is 15.4 Å². The lowest BCUT2D eigenvalue weighted by molar-refractivity contribution is -0.145. The van der Waals surface area contributed by atoms with Gasteiger partial charge in [-0.1, -0.05) is 38.2 Å². The summed E-state index contributed by atoms with van der Waals surface area (Å²) in [6.07, 6.45) is 9.92. The number of rotatable bonds is 11. The number of hydrogen-bond acceptors (Lipinski definition) is 4. The number of hydrogen-bond donors (Lipinski definition) is 2. The van der Waals surface area contributed by atoms with E-state index in [0.29, 0.717) is 19.4 Å². The molecule has 1 unspecified atom stereocenters. The third kappa shape index (κ3) is 11.2. The zero-order chi connectivity index (χ0) is 17.5. The van der Waals surface area contributed by atoms with Crippen LogP contribution in [0.1, 0.15) is 46.0 Å². The highest BCUT2D eigenvalue weighted by atomic mass is 16.5. The van der Waals surface area contributed by atoms with Crippen molar-refractivity contribution in [1.82, 2.24) is 10.6 Å². The molecule has 0 aromatic rings. The predicted molar refractivity (Wildman–Crippen MR) is 89.7 cm³/mol. The van der Waals surface area contributed by atoms with Crippen LogP contribution in [-0.2, 0) is 19.1 Å². The Balaban J connectivity index is 4.27. The molecule has 0 aliphatic heterocycles. The van der Waals surface area contributed by atoms with Gasteiger partial charge in [-0.3, -0.25) is 9.59 Å². The van der Waals surface area contributed by atoms with E-state index >= 15 is 0 Å². The van der Waals surface area contributed by atoms with Crippen LogP contribution < -0.4 is 10.6 Å². The lowest BCUT2D eigenvalue weighted by Gasteiger charge is -2.16. The standard InChI is InChI=1S/C17H28N2O4/c1-4-6-8-10-15(20)18-13-12-14(17(22)23-3)19-16(21)11-9-7-5-2/h6-9,14H,4-5,10-13H2,1-3H3,(H,18,20)(H,19,21)/b8-6-,9-7-. The van der Waals surface area contributed by atoms with Crippen molar-refractivity contribution < 1.29 is 19.1 Å². The average molecular weight is 324 g/mol. The van der Waals surface area contributed by atoms with Crippen LogP contribution in [0.4, 0.5) is 0 Å². The summed E-state index contributed by atoms with van der Waals surface area (Å²) < 4.78 is 4.68. The second-order valence-electron chi connectivity index (χ2n) is 4.95. The fourth-order valence-corrected chi connectivity index (χ4v) is 1.79. The summed E-state index contributed by atoms with van der Waals surface area (Å²) in [4.78, 5) is 35.0. The molecule has 6 nitrogen and oxygen atoms in total. The van der Waals surface area contributed by atoms with Crippen molar-refractivity contribution in [3.8, 4) is 0 Å². The van der Waals surface area contributed by atoms with Crippen LogP contribution in [0.15, 0.2) is 24.3 Å². The van der Waals surface area contributed by atoms with E-state index in [1.807, 2.05) is 26.0 Å². The average Bonchev–Trinajstić information content (AvgIpc) is 2.53. The van der Waals surface area contributed by atoms with Crippen LogP contribution in [0.5, 0.6) is 0 Å². The Kier molecular flexibility index (Phi) is 12.3. The van der Waals surface area contributed by atoms with Gasteiger partial charge in [-0.2, -0.15) is 0 Å². The highest BCUT2D eigenvalue weighted by Gasteiger charge is 2.20. The summed E-state index contributed by atoms with van der Waals surface area (Å²) in [6.45, 7) is 4.27. The number of nitrogens with one attached hydrogen (secondary N) is 2. The highest BCUT2D eigenvalue weighted by Crippen LogP contribution is 1.97. The monoisotopic (exact) mass is 324 g/mol. The summed E-state index contributed by atoms with van der Waals surface area (Å²) in [5, 5.41) is 5.34. The second-order valence-corrected chi connectivity index (χ2v) is 4.95. The van der Waals surface area contributed by atoms with Gasteiger partial charge in [-0.25, -0.2) is 4.79 Å². The Morgan fingerprint density at radius 2 is 1.52 bits per heavy atom. The predicted octanol–water partition coefficient (Wildman–Crippen LogP) is 1.86. The maximum absolute atomic E-state index is 11.8. The number of allylic oxidation sites excluding steroid dienone is 2. The minimum absolute atomic E-state index is 0.115. The normalized spacial score (nSPS) is 12.3. The van der Waals surface area contributed by atoms with Gasteiger partial charge in [-0.05, 0) is 19.3 Å². The van der Waals surface area contributed by atoms with Gasteiger partial charge in [0.2, 0.25) is 11.8 Å². The fraction of sp³-hybridized carbons (Fsp3) is 0.588. The summed E-state index contributed by atoms with van der Waals surface area (Å²) in [7, 11) is 1.27. The SMILES string of the molecule is CC/C=C\CC(=O)NCCC(NC(=O)C/C=C\CC)C(=O)OC. The van der Waals surface area contributed by atoms with Crippen molar-refractivity contribution in [3.05, 3.63) is 24.3 Å². The molecule has 6 heteroatoms. The molecule has 0 rings (SSSR count). The molecule has 0 radical (unpaired) electrons. The molecule has 0 saturated carbocycles. The molecular formula is C17H28N2O4. The first-order valence-electron chi connectivity index (χ1n) is 7.98. The highest BCUT2D eigenvalue weighted by molar-refractivity contribution is 5.85. The Hall–Kier alpha value is -2.11. The van der Waals surface area contributed by atoms with Crippen LogP contribution in [-0.4, -0.2) is 37.5 Å². The van der Waals surface area contributed by atoms with Gasteiger partial charge in [0.25, 0.3) is 0 Å². The molecule has 2 N–H and O–H groups in total. The van der Waals surface area contributed by atoms with E-state index in [1.165, 1.54) is 7.11 Å². The fourth-order valence-electron chi connectivity index (χ4n) is 1.79. The van der Waals surface area contributed by atoms with Crippen molar-refractivity contribution >= 4 is 17.8 Å². The molecule has 0 aromatic carbocycles. The van der Waals surface area contributed by atoms with Crippen LogP contribution in [0.3, 0.4) is 0 Å². The largest absolute Gasteiger partial charge is 0.467 e. The minimum Gasteiger partial charge on any atom is -0.467 e. The van der Waals surface area contributed by atoms with E-state index < -0.39 is 12.0 Å². The van der Waals surface area contributed by atoms with Crippen molar-refractivity contribution in [1.29, 1.82) is 0 Å². The molecule has 0 bridgehead atoms. The topological polar surface area (TPSA) is 84.5 Å². The molecule has 0 aromatic heterocycles. The zero-order valence-electron chi connectivity index (χ0n) is 14.3. The van der Waals surface area contributed by atoms with E-state index in [0.717, 1.165) is 12.8 Å². The van der Waals surface area contributed by atoms with E-state index in [-0.39, 0.29) is 18.2 Å². The number of amides is 2. The quantitative estimate of drug-likeness (QED) is 0.449. The Bertz CT molecular complexity index is 430. The summed E-state index contributed by atoms with van der Waals surface area (Å²) in [5.74, 6) is -0.879. The second kappa shape index (κ2) is 13.5. The number of esters is 1. The first-order chi connectivity index (χ1) is 11.0. The lowest BCUT2D eigenvalue weighted by Crippen LogP contribution is -2.43. The number of carbonyl (C=O) groups is 3.